The zero-order valence-corrected chi connectivity index (χ0v) is 6.07. The van der Waals surface area contributed by atoms with Crippen LogP contribution in [0.2, 0.25) is 0 Å². The molecule has 9 heavy (non-hydrogen) atoms. The van der Waals surface area contributed by atoms with Crippen LogP contribution in [0.4, 0.5) is 0 Å². The van der Waals surface area contributed by atoms with E-state index < -0.39 is 0 Å². The molecule has 0 unspecified atom stereocenters. The zero-order valence-electron chi connectivity index (χ0n) is 5.26. The second kappa shape index (κ2) is 2.78. The molecule has 0 N–H and O–H groups in total. The standard InChI is InChI=1S/C7H8OS/c1-8-6-3-2-4-7(9)5-6/h2-4H,5H2,1H3. The SMILES string of the molecule is COC1=CC=CC(=S)C1. The quantitative estimate of drug-likeness (QED) is 0.514. The molecule has 0 aromatic rings. The Morgan fingerprint density at radius 2 is 2.44 bits per heavy atom. The van der Waals surface area contributed by atoms with Gasteiger partial charge in [-0.2, -0.15) is 0 Å². The molecule has 0 aromatic carbocycles. The van der Waals surface area contributed by atoms with Gasteiger partial charge >= 0.3 is 0 Å². The lowest BCUT2D eigenvalue weighted by Gasteiger charge is -2.06. The molecule has 0 radical (unpaired) electrons. The molecule has 0 aliphatic heterocycles. The molecule has 0 aromatic heterocycles. The van der Waals surface area contributed by atoms with E-state index in [0.717, 1.165) is 17.0 Å². The van der Waals surface area contributed by atoms with E-state index in [9.17, 15) is 0 Å². The predicted molar refractivity (Wildman–Crippen MR) is 41.4 cm³/mol. The van der Waals surface area contributed by atoms with Crippen LogP contribution in [-0.2, 0) is 4.74 Å². The topological polar surface area (TPSA) is 9.23 Å². The van der Waals surface area contributed by atoms with Crippen molar-refractivity contribution < 1.29 is 4.74 Å². The molecule has 0 bridgehead atoms. The van der Waals surface area contributed by atoms with E-state index in [-0.39, 0.29) is 0 Å². The van der Waals surface area contributed by atoms with Gasteiger partial charge in [0.25, 0.3) is 0 Å². The summed E-state index contributed by atoms with van der Waals surface area (Å²) in [5, 5.41) is 0. The summed E-state index contributed by atoms with van der Waals surface area (Å²) in [6, 6.07) is 0. The van der Waals surface area contributed by atoms with Crippen LogP contribution in [0.3, 0.4) is 0 Å². The Kier molecular flexibility index (Phi) is 2.01. The Hall–Kier alpha value is -0.630. The maximum Gasteiger partial charge on any atom is 0.101 e. The average Bonchev–Trinajstić information content (AvgIpc) is 1.88. The van der Waals surface area contributed by atoms with Crippen molar-refractivity contribution in [1.29, 1.82) is 0 Å². The van der Waals surface area contributed by atoms with Gasteiger partial charge in [-0.1, -0.05) is 18.3 Å². The number of rotatable bonds is 1. The molecule has 0 fully saturated rings. The molecule has 1 aliphatic carbocycles. The highest BCUT2D eigenvalue weighted by Gasteiger charge is 2.01. The molecule has 1 nitrogen and oxygen atoms in total. The van der Waals surface area contributed by atoms with Gasteiger partial charge in [-0.3, -0.25) is 0 Å². The first kappa shape index (κ1) is 6.49. The summed E-state index contributed by atoms with van der Waals surface area (Å²) in [6.07, 6.45) is 6.53. The van der Waals surface area contributed by atoms with Gasteiger partial charge < -0.3 is 4.74 Å². The number of thiocarbonyl (C=S) groups is 1. The van der Waals surface area contributed by atoms with Crippen molar-refractivity contribution >= 4 is 17.1 Å². The van der Waals surface area contributed by atoms with Crippen LogP contribution < -0.4 is 0 Å². The fraction of sp³-hybridized carbons (Fsp3) is 0.286. The molecule has 0 spiro atoms. The van der Waals surface area contributed by atoms with Crippen LogP contribution in [-0.4, -0.2) is 12.0 Å². The highest BCUT2D eigenvalue weighted by molar-refractivity contribution is 7.80. The van der Waals surface area contributed by atoms with Gasteiger partial charge in [0.1, 0.15) is 5.76 Å². The Morgan fingerprint density at radius 1 is 1.67 bits per heavy atom. The van der Waals surface area contributed by atoms with Crippen LogP contribution in [0.5, 0.6) is 0 Å². The first-order valence-electron chi connectivity index (χ1n) is 2.77. The first-order valence-corrected chi connectivity index (χ1v) is 3.18. The number of allylic oxidation sites excluding steroid dienone is 4. The van der Waals surface area contributed by atoms with Gasteiger partial charge in [-0.25, -0.2) is 0 Å². The van der Waals surface area contributed by atoms with Crippen molar-refractivity contribution in [3.63, 3.8) is 0 Å². The van der Waals surface area contributed by atoms with E-state index in [4.69, 9.17) is 17.0 Å². The fourth-order valence-corrected chi connectivity index (χ4v) is 0.913. The Morgan fingerprint density at radius 3 is 2.89 bits per heavy atom. The normalized spacial score (nSPS) is 17.4. The van der Waals surface area contributed by atoms with E-state index in [1.54, 1.807) is 7.11 Å². The summed E-state index contributed by atoms with van der Waals surface area (Å²) in [5.41, 5.74) is 0. The molecule has 1 rings (SSSR count). The lowest BCUT2D eigenvalue weighted by atomic mass is 10.2. The Balaban J connectivity index is 2.65. The Bertz CT molecular complexity index is 179. The summed E-state index contributed by atoms with van der Waals surface area (Å²) >= 11 is 4.94. The minimum atomic E-state index is 0.780. The third-order valence-corrected chi connectivity index (χ3v) is 1.46. The molecule has 48 valence electrons. The Labute approximate surface area is 60.0 Å². The lowest BCUT2D eigenvalue weighted by molar-refractivity contribution is 0.287. The largest absolute Gasteiger partial charge is 0.501 e. The van der Waals surface area contributed by atoms with E-state index in [1.165, 1.54) is 0 Å². The minimum Gasteiger partial charge on any atom is -0.501 e. The molecule has 0 saturated heterocycles. The third-order valence-electron chi connectivity index (χ3n) is 1.17. The van der Waals surface area contributed by atoms with Gasteiger partial charge in [-0.05, 0) is 12.2 Å². The zero-order chi connectivity index (χ0) is 6.69. The van der Waals surface area contributed by atoms with E-state index in [0.29, 0.717) is 0 Å². The van der Waals surface area contributed by atoms with Gasteiger partial charge in [0.05, 0.1) is 7.11 Å². The van der Waals surface area contributed by atoms with Crippen LogP contribution in [0.25, 0.3) is 0 Å². The maximum atomic E-state index is 4.98. The molecular weight excluding hydrogens is 132 g/mol. The smallest absolute Gasteiger partial charge is 0.101 e. The van der Waals surface area contributed by atoms with Gasteiger partial charge in [-0.15, -0.1) is 0 Å². The summed E-state index contributed by atoms with van der Waals surface area (Å²) in [5.74, 6) is 0.947. The van der Waals surface area contributed by atoms with Crippen molar-refractivity contribution in [3.05, 3.63) is 24.0 Å². The summed E-state index contributed by atoms with van der Waals surface area (Å²) in [6.45, 7) is 0. The number of hydrogen-bond donors (Lipinski definition) is 0. The molecule has 0 saturated carbocycles. The first-order chi connectivity index (χ1) is 4.33. The molecule has 0 atom stereocenters. The summed E-state index contributed by atoms with van der Waals surface area (Å²) in [7, 11) is 1.66. The number of hydrogen-bond acceptors (Lipinski definition) is 2. The third kappa shape index (κ3) is 1.64. The average molecular weight is 140 g/mol. The van der Waals surface area contributed by atoms with Gasteiger partial charge in [0, 0.05) is 11.3 Å². The van der Waals surface area contributed by atoms with Crippen LogP contribution in [0.1, 0.15) is 6.42 Å². The molecule has 0 amide bonds. The van der Waals surface area contributed by atoms with E-state index >= 15 is 0 Å². The van der Waals surface area contributed by atoms with E-state index in [2.05, 4.69) is 0 Å². The second-order valence-electron chi connectivity index (χ2n) is 1.84. The van der Waals surface area contributed by atoms with Crippen LogP contribution >= 0.6 is 12.2 Å². The summed E-state index contributed by atoms with van der Waals surface area (Å²) in [4.78, 5) is 0.939. The second-order valence-corrected chi connectivity index (χ2v) is 2.36. The maximum absolute atomic E-state index is 4.98. The highest BCUT2D eigenvalue weighted by Crippen LogP contribution is 2.09. The molecule has 1 aliphatic rings. The van der Waals surface area contributed by atoms with Crippen molar-refractivity contribution in [2.75, 3.05) is 7.11 Å². The monoisotopic (exact) mass is 140 g/mol. The minimum absolute atomic E-state index is 0.780. The molecular formula is C7H8OS. The number of methoxy groups -OCH3 is 1. The van der Waals surface area contributed by atoms with Crippen molar-refractivity contribution in [2.24, 2.45) is 0 Å². The van der Waals surface area contributed by atoms with Crippen LogP contribution in [0.15, 0.2) is 24.0 Å². The molecule has 2 heteroatoms. The molecule has 0 heterocycles. The van der Waals surface area contributed by atoms with Crippen molar-refractivity contribution in [1.82, 2.24) is 0 Å². The van der Waals surface area contributed by atoms with E-state index in [1.807, 2.05) is 18.2 Å². The van der Waals surface area contributed by atoms with Gasteiger partial charge in [0.15, 0.2) is 0 Å². The van der Waals surface area contributed by atoms with Gasteiger partial charge in [0.2, 0.25) is 0 Å². The van der Waals surface area contributed by atoms with Crippen molar-refractivity contribution in [2.45, 2.75) is 6.42 Å². The fourth-order valence-electron chi connectivity index (χ4n) is 0.693. The summed E-state index contributed by atoms with van der Waals surface area (Å²) < 4.78 is 4.98. The highest BCUT2D eigenvalue weighted by atomic mass is 32.1. The number of ether oxygens (including phenoxy) is 1. The van der Waals surface area contributed by atoms with Crippen LogP contribution in [0, 0.1) is 0 Å². The predicted octanol–water partition coefficient (Wildman–Crippen LogP) is 1.85. The lowest BCUT2D eigenvalue weighted by Crippen LogP contribution is -1.98. The van der Waals surface area contributed by atoms with Crippen molar-refractivity contribution in [3.8, 4) is 0 Å².